The Bertz CT molecular complexity index is 471. The number of hydrogen-bond donors (Lipinski definition) is 2. The van der Waals surface area contributed by atoms with Crippen LogP contribution in [-0.4, -0.2) is 29.9 Å². The van der Waals surface area contributed by atoms with Crippen LogP contribution in [-0.2, 0) is 0 Å². The maximum atomic E-state index is 12.2. The van der Waals surface area contributed by atoms with Crippen LogP contribution in [0.25, 0.3) is 0 Å². The molecule has 0 bridgehead atoms. The first-order valence-electron chi connectivity index (χ1n) is 6.70. The van der Waals surface area contributed by atoms with E-state index in [-0.39, 0.29) is 12.5 Å². The summed E-state index contributed by atoms with van der Waals surface area (Å²) in [5.41, 5.74) is 0.603. The van der Waals surface area contributed by atoms with E-state index in [4.69, 9.17) is 10.4 Å². The number of nitrogens with zero attached hydrogens (tertiary/aromatic N) is 1. The summed E-state index contributed by atoms with van der Waals surface area (Å²) in [6.07, 6.45) is 1.62. The number of nitrogens with one attached hydrogen (secondary N) is 1. The minimum atomic E-state index is -0.123. The number of nitriles is 1. The molecule has 0 saturated carbocycles. The van der Waals surface area contributed by atoms with E-state index < -0.39 is 0 Å². The Morgan fingerprint density at radius 2 is 2.25 bits per heavy atom. The lowest BCUT2D eigenvalue weighted by molar-refractivity contribution is 0.0940. The Balaban J connectivity index is 2.65. The van der Waals surface area contributed by atoms with Crippen LogP contribution in [0.5, 0.6) is 0 Å². The molecular weight excluding hydrogens is 272 g/mol. The molecule has 0 aromatic heterocycles. The van der Waals surface area contributed by atoms with Crippen LogP contribution in [0.3, 0.4) is 0 Å². The normalized spacial score (nSPS) is 11.7. The van der Waals surface area contributed by atoms with Crippen molar-refractivity contribution in [3.63, 3.8) is 0 Å². The Labute approximate surface area is 124 Å². The van der Waals surface area contributed by atoms with Crippen molar-refractivity contribution in [3.8, 4) is 6.07 Å². The number of hydrogen-bond acceptors (Lipinski definition) is 4. The van der Waals surface area contributed by atoms with Crippen LogP contribution in [0.2, 0.25) is 0 Å². The monoisotopic (exact) mass is 292 g/mol. The molecular formula is C15H20N2O2S. The molecule has 1 aromatic rings. The van der Waals surface area contributed by atoms with Gasteiger partial charge in [-0.3, -0.25) is 4.79 Å². The van der Waals surface area contributed by atoms with Crippen LogP contribution in [0.15, 0.2) is 29.2 Å². The van der Waals surface area contributed by atoms with E-state index in [1.807, 2.05) is 25.1 Å². The van der Waals surface area contributed by atoms with E-state index in [1.165, 1.54) is 11.8 Å². The lowest BCUT2D eigenvalue weighted by Crippen LogP contribution is -2.29. The van der Waals surface area contributed by atoms with E-state index in [0.29, 0.717) is 30.2 Å². The molecule has 1 atom stereocenters. The first-order chi connectivity index (χ1) is 9.72. The summed E-state index contributed by atoms with van der Waals surface area (Å²) in [7, 11) is 0. The number of benzene rings is 1. The van der Waals surface area contributed by atoms with Crippen molar-refractivity contribution < 1.29 is 9.90 Å². The highest BCUT2D eigenvalue weighted by atomic mass is 32.2. The minimum absolute atomic E-state index is 0.123. The van der Waals surface area contributed by atoms with Gasteiger partial charge in [0.1, 0.15) is 0 Å². The molecule has 1 unspecified atom stereocenters. The lowest BCUT2D eigenvalue weighted by Gasteiger charge is -2.15. The molecule has 20 heavy (non-hydrogen) atoms. The summed E-state index contributed by atoms with van der Waals surface area (Å²) in [6.45, 7) is 2.75. The minimum Gasteiger partial charge on any atom is -0.396 e. The molecule has 0 fully saturated rings. The van der Waals surface area contributed by atoms with E-state index in [2.05, 4.69) is 11.4 Å². The van der Waals surface area contributed by atoms with Gasteiger partial charge in [-0.25, -0.2) is 0 Å². The van der Waals surface area contributed by atoms with Gasteiger partial charge in [0.15, 0.2) is 0 Å². The molecule has 1 rings (SSSR count). The number of rotatable bonds is 8. The fourth-order valence-electron chi connectivity index (χ4n) is 1.86. The molecule has 0 aliphatic carbocycles. The number of aliphatic hydroxyl groups excluding tert-OH is 1. The maximum Gasteiger partial charge on any atom is 0.252 e. The number of amides is 1. The van der Waals surface area contributed by atoms with Crippen molar-refractivity contribution in [2.75, 3.05) is 18.9 Å². The van der Waals surface area contributed by atoms with Crippen LogP contribution in [0.1, 0.15) is 30.1 Å². The Morgan fingerprint density at radius 3 is 2.90 bits per heavy atom. The number of carbonyl (C=O) groups is 1. The SMILES string of the molecule is CCC(CCO)CNC(=O)c1ccccc1SCC#N. The van der Waals surface area contributed by atoms with Crippen molar-refractivity contribution in [2.24, 2.45) is 5.92 Å². The molecule has 5 heteroatoms. The first-order valence-corrected chi connectivity index (χ1v) is 7.69. The van der Waals surface area contributed by atoms with Gasteiger partial charge in [-0.2, -0.15) is 5.26 Å². The van der Waals surface area contributed by atoms with E-state index in [1.54, 1.807) is 6.07 Å². The molecule has 0 aliphatic heterocycles. The number of thioether (sulfide) groups is 1. The Morgan fingerprint density at radius 1 is 1.50 bits per heavy atom. The maximum absolute atomic E-state index is 12.2. The van der Waals surface area contributed by atoms with Crippen molar-refractivity contribution in [2.45, 2.75) is 24.7 Å². The standard InChI is InChI=1S/C15H20N2O2S/c1-2-12(7-9-18)11-17-15(19)13-5-3-4-6-14(13)20-10-8-16/h3-6,12,18H,2,7,9-11H2,1H3,(H,17,19). The average molecular weight is 292 g/mol. The van der Waals surface area contributed by atoms with Crippen molar-refractivity contribution in [3.05, 3.63) is 29.8 Å². The molecule has 108 valence electrons. The second-order valence-corrected chi connectivity index (χ2v) is 5.46. The third-order valence-corrected chi connectivity index (χ3v) is 4.03. The summed E-state index contributed by atoms with van der Waals surface area (Å²) in [5, 5.41) is 20.5. The summed E-state index contributed by atoms with van der Waals surface area (Å²) in [4.78, 5) is 13.0. The lowest BCUT2D eigenvalue weighted by atomic mass is 10.0. The average Bonchev–Trinajstić information content (AvgIpc) is 2.49. The van der Waals surface area contributed by atoms with Crippen LogP contribution < -0.4 is 5.32 Å². The van der Waals surface area contributed by atoms with Crippen LogP contribution in [0.4, 0.5) is 0 Å². The molecule has 2 N–H and O–H groups in total. The molecule has 0 aliphatic rings. The highest BCUT2D eigenvalue weighted by Gasteiger charge is 2.13. The molecule has 0 radical (unpaired) electrons. The quantitative estimate of drug-likeness (QED) is 0.722. The smallest absolute Gasteiger partial charge is 0.252 e. The number of carbonyl (C=O) groups excluding carboxylic acids is 1. The topological polar surface area (TPSA) is 73.1 Å². The highest BCUT2D eigenvalue weighted by molar-refractivity contribution is 7.99. The molecule has 1 aromatic carbocycles. The second-order valence-electron chi connectivity index (χ2n) is 4.44. The second kappa shape index (κ2) is 9.40. The molecule has 4 nitrogen and oxygen atoms in total. The molecule has 0 heterocycles. The highest BCUT2D eigenvalue weighted by Crippen LogP contribution is 2.22. The van der Waals surface area contributed by atoms with E-state index in [0.717, 1.165) is 11.3 Å². The summed E-state index contributed by atoms with van der Waals surface area (Å²) in [6, 6.07) is 9.35. The third-order valence-electron chi connectivity index (χ3n) is 3.09. The zero-order chi connectivity index (χ0) is 14.8. The van der Waals surface area contributed by atoms with Gasteiger partial charge in [0.2, 0.25) is 0 Å². The molecule has 0 saturated heterocycles. The summed E-state index contributed by atoms with van der Waals surface area (Å²) in [5.74, 6) is 0.497. The van der Waals surface area contributed by atoms with Gasteiger partial charge in [-0.05, 0) is 24.5 Å². The summed E-state index contributed by atoms with van der Waals surface area (Å²) >= 11 is 1.36. The summed E-state index contributed by atoms with van der Waals surface area (Å²) < 4.78 is 0. The van der Waals surface area contributed by atoms with E-state index in [9.17, 15) is 4.79 Å². The van der Waals surface area contributed by atoms with Gasteiger partial charge in [0.25, 0.3) is 5.91 Å². The van der Waals surface area contributed by atoms with Gasteiger partial charge >= 0.3 is 0 Å². The fourth-order valence-corrected chi connectivity index (χ4v) is 2.57. The van der Waals surface area contributed by atoms with Crippen LogP contribution in [0, 0.1) is 17.2 Å². The van der Waals surface area contributed by atoms with Gasteiger partial charge in [0.05, 0.1) is 17.4 Å². The van der Waals surface area contributed by atoms with Crippen molar-refractivity contribution in [1.29, 1.82) is 5.26 Å². The zero-order valence-electron chi connectivity index (χ0n) is 11.6. The zero-order valence-corrected chi connectivity index (χ0v) is 12.4. The van der Waals surface area contributed by atoms with E-state index >= 15 is 0 Å². The Hall–Kier alpha value is -1.51. The van der Waals surface area contributed by atoms with Gasteiger partial charge in [0, 0.05) is 18.0 Å². The van der Waals surface area contributed by atoms with Gasteiger partial charge < -0.3 is 10.4 Å². The van der Waals surface area contributed by atoms with Gasteiger partial charge in [-0.15, -0.1) is 11.8 Å². The van der Waals surface area contributed by atoms with Crippen LogP contribution >= 0.6 is 11.8 Å². The van der Waals surface area contributed by atoms with Crippen molar-refractivity contribution in [1.82, 2.24) is 5.32 Å². The predicted molar refractivity (Wildman–Crippen MR) is 80.6 cm³/mol. The van der Waals surface area contributed by atoms with Crippen molar-refractivity contribution >= 4 is 17.7 Å². The largest absolute Gasteiger partial charge is 0.396 e. The molecule has 0 spiro atoms. The Kier molecular flexibility index (Phi) is 7.78. The predicted octanol–water partition coefficient (Wildman–Crippen LogP) is 2.44. The molecule has 1 amide bonds. The fraction of sp³-hybridized carbons (Fsp3) is 0.467. The third kappa shape index (κ3) is 5.24. The van der Waals surface area contributed by atoms with Gasteiger partial charge in [-0.1, -0.05) is 25.5 Å². The number of aliphatic hydroxyl groups is 1. The first kappa shape index (κ1) is 16.5.